The van der Waals surface area contributed by atoms with Crippen molar-refractivity contribution >= 4 is 22.7 Å². The molecule has 0 aliphatic rings. The molecule has 0 bridgehead atoms. The maximum atomic E-state index is 5.81. The predicted octanol–water partition coefficient (Wildman–Crippen LogP) is 2.95. The third kappa shape index (κ3) is 1.82. The lowest BCUT2D eigenvalue weighted by Gasteiger charge is -2.04. The number of anilines is 1. The summed E-state index contributed by atoms with van der Waals surface area (Å²) in [6, 6.07) is 7.62. The smallest absolute Gasteiger partial charge is 0.118 e. The number of hydrogen-bond donors (Lipinski definition) is 2. The van der Waals surface area contributed by atoms with Crippen LogP contribution in [-0.4, -0.2) is 0 Å². The zero-order chi connectivity index (χ0) is 10.7. The molecule has 0 amide bonds. The van der Waals surface area contributed by atoms with E-state index in [-0.39, 0.29) is 0 Å². The van der Waals surface area contributed by atoms with Crippen LogP contribution in [0.2, 0.25) is 0 Å². The summed E-state index contributed by atoms with van der Waals surface area (Å²) in [4.78, 5) is 0. The number of benzene rings is 1. The zero-order valence-corrected chi connectivity index (χ0v) is 8.74. The van der Waals surface area contributed by atoms with Gasteiger partial charge in [0, 0.05) is 5.56 Å². The van der Waals surface area contributed by atoms with Crippen molar-refractivity contribution in [3.63, 3.8) is 0 Å². The minimum atomic E-state index is 0.577. The van der Waals surface area contributed by atoms with Crippen LogP contribution < -0.4 is 11.6 Å². The second-order valence-electron chi connectivity index (χ2n) is 2.97. The molecule has 0 fully saturated rings. The molecule has 1 heterocycles. The second kappa shape index (κ2) is 4.10. The topological polar surface area (TPSA) is 76.8 Å². The van der Waals surface area contributed by atoms with Gasteiger partial charge in [-0.25, -0.2) is 0 Å². The first-order valence-electron chi connectivity index (χ1n) is 4.35. The number of rotatable bonds is 2. The summed E-state index contributed by atoms with van der Waals surface area (Å²) in [5, 5.41) is 11.2. The van der Waals surface area contributed by atoms with Crippen LogP contribution in [0.15, 0.2) is 45.4 Å². The van der Waals surface area contributed by atoms with Gasteiger partial charge in [0.15, 0.2) is 0 Å². The highest BCUT2D eigenvalue weighted by Crippen LogP contribution is 2.35. The maximum Gasteiger partial charge on any atom is 0.118 e. The zero-order valence-electron chi connectivity index (χ0n) is 7.92. The van der Waals surface area contributed by atoms with Crippen LogP contribution in [0.25, 0.3) is 11.1 Å². The number of thiophene rings is 1. The first-order chi connectivity index (χ1) is 7.33. The van der Waals surface area contributed by atoms with Gasteiger partial charge in [-0.1, -0.05) is 17.4 Å². The summed E-state index contributed by atoms with van der Waals surface area (Å²) in [6.07, 6.45) is 0. The van der Waals surface area contributed by atoms with Gasteiger partial charge in [-0.2, -0.15) is 11.3 Å². The highest BCUT2D eigenvalue weighted by molar-refractivity contribution is 7.08. The van der Waals surface area contributed by atoms with Crippen molar-refractivity contribution in [1.29, 1.82) is 0 Å². The Morgan fingerprint density at radius 3 is 2.73 bits per heavy atom. The minimum absolute atomic E-state index is 0.577. The standard InChI is InChI=1S/C10H10N4S/c11-9-3-1-2-8(10(9)13-14-12)7-4-5-15-6-7/h1-6H,11H2,(H2,12,13). The van der Waals surface area contributed by atoms with E-state index in [1.807, 2.05) is 29.0 Å². The molecule has 15 heavy (non-hydrogen) atoms. The molecule has 0 spiro atoms. The number of nitrogens with zero attached hydrogens (tertiary/aromatic N) is 2. The fourth-order valence-corrected chi connectivity index (χ4v) is 2.04. The van der Waals surface area contributed by atoms with E-state index in [0.717, 1.165) is 11.1 Å². The third-order valence-electron chi connectivity index (χ3n) is 2.06. The van der Waals surface area contributed by atoms with E-state index in [9.17, 15) is 0 Å². The maximum absolute atomic E-state index is 5.81. The largest absolute Gasteiger partial charge is 0.397 e. The highest BCUT2D eigenvalue weighted by atomic mass is 32.1. The molecule has 4 nitrogen and oxygen atoms in total. The average molecular weight is 218 g/mol. The van der Waals surface area contributed by atoms with Gasteiger partial charge in [-0.3, -0.25) is 0 Å². The summed E-state index contributed by atoms with van der Waals surface area (Å²) < 4.78 is 0. The molecule has 0 radical (unpaired) electrons. The Labute approximate surface area is 91.2 Å². The van der Waals surface area contributed by atoms with Crippen molar-refractivity contribution < 1.29 is 0 Å². The van der Waals surface area contributed by atoms with Gasteiger partial charge in [0.25, 0.3) is 0 Å². The number of nitrogens with two attached hydrogens (primary N) is 2. The molecule has 2 aromatic rings. The van der Waals surface area contributed by atoms with Crippen LogP contribution in [-0.2, 0) is 0 Å². The van der Waals surface area contributed by atoms with E-state index in [4.69, 9.17) is 11.6 Å². The molecular formula is C10H10N4S. The van der Waals surface area contributed by atoms with Crippen LogP contribution in [0, 0.1) is 0 Å². The van der Waals surface area contributed by atoms with Crippen molar-refractivity contribution in [2.45, 2.75) is 0 Å². The lowest BCUT2D eigenvalue weighted by molar-refractivity contribution is 1.06. The monoisotopic (exact) mass is 218 g/mol. The van der Waals surface area contributed by atoms with E-state index in [0.29, 0.717) is 11.4 Å². The van der Waals surface area contributed by atoms with E-state index in [1.54, 1.807) is 17.4 Å². The van der Waals surface area contributed by atoms with Crippen molar-refractivity contribution in [3.05, 3.63) is 35.0 Å². The van der Waals surface area contributed by atoms with Gasteiger partial charge in [-0.15, -0.1) is 5.11 Å². The van der Waals surface area contributed by atoms with Crippen LogP contribution in [0.3, 0.4) is 0 Å². The van der Waals surface area contributed by atoms with E-state index in [2.05, 4.69) is 10.3 Å². The highest BCUT2D eigenvalue weighted by Gasteiger charge is 2.07. The molecule has 0 aliphatic carbocycles. The first kappa shape index (κ1) is 9.67. The normalized spacial score (nSPS) is 10.9. The first-order valence-corrected chi connectivity index (χ1v) is 5.29. The quantitative estimate of drug-likeness (QED) is 0.352. The van der Waals surface area contributed by atoms with Gasteiger partial charge >= 0.3 is 0 Å². The molecule has 1 aromatic heterocycles. The van der Waals surface area contributed by atoms with Gasteiger partial charge in [0.2, 0.25) is 0 Å². The Morgan fingerprint density at radius 2 is 2.07 bits per heavy atom. The fourth-order valence-electron chi connectivity index (χ4n) is 1.38. The van der Waals surface area contributed by atoms with Gasteiger partial charge in [0.1, 0.15) is 5.69 Å². The molecule has 1 aromatic carbocycles. The van der Waals surface area contributed by atoms with Crippen LogP contribution in [0.1, 0.15) is 0 Å². The summed E-state index contributed by atoms with van der Waals surface area (Å²) in [5.74, 6) is 5.06. The Balaban J connectivity index is 2.61. The molecule has 0 saturated carbocycles. The molecule has 4 N–H and O–H groups in total. The Kier molecular flexibility index (Phi) is 2.64. The van der Waals surface area contributed by atoms with Crippen molar-refractivity contribution in [2.24, 2.45) is 16.2 Å². The van der Waals surface area contributed by atoms with Gasteiger partial charge in [-0.05, 0) is 28.5 Å². The molecule has 0 atom stereocenters. The number of nitrogen functional groups attached to an aromatic ring is 1. The molecule has 5 heteroatoms. The third-order valence-corrected chi connectivity index (χ3v) is 2.74. The second-order valence-corrected chi connectivity index (χ2v) is 3.75. The summed E-state index contributed by atoms with van der Waals surface area (Å²) >= 11 is 1.62. The van der Waals surface area contributed by atoms with Crippen LogP contribution in [0.4, 0.5) is 11.4 Å². The van der Waals surface area contributed by atoms with E-state index < -0.39 is 0 Å². The van der Waals surface area contributed by atoms with Gasteiger partial charge in [0.05, 0.1) is 5.69 Å². The average Bonchev–Trinajstić information content (AvgIpc) is 2.74. The summed E-state index contributed by atoms with van der Waals surface area (Å²) in [6.45, 7) is 0. The van der Waals surface area contributed by atoms with Crippen molar-refractivity contribution in [3.8, 4) is 11.1 Å². The molecule has 0 aliphatic heterocycles. The lowest BCUT2D eigenvalue weighted by atomic mass is 10.1. The van der Waals surface area contributed by atoms with Crippen LogP contribution in [0.5, 0.6) is 0 Å². The van der Waals surface area contributed by atoms with Gasteiger partial charge < -0.3 is 11.6 Å². The van der Waals surface area contributed by atoms with Crippen LogP contribution >= 0.6 is 11.3 Å². The van der Waals surface area contributed by atoms with E-state index in [1.165, 1.54) is 0 Å². The summed E-state index contributed by atoms with van der Waals surface area (Å²) in [7, 11) is 0. The molecule has 0 unspecified atom stereocenters. The van der Waals surface area contributed by atoms with Crippen molar-refractivity contribution in [1.82, 2.24) is 0 Å². The minimum Gasteiger partial charge on any atom is -0.397 e. The fraction of sp³-hybridized carbons (Fsp3) is 0. The molecule has 76 valence electrons. The number of hydrogen-bond acceptors (Lipinski definition) is 4. The SMILES string of the molecule is NN=Nc1c(N)cccc1-c1ccsc1. The van der Waals surface area contributed by atoms with E-state index >= 15 is 0 Å². The molecular weight excluding hydrogens is 208 g/mol. The lowest BCUT2D eigenvalue weighted by Crippen LogP contribution is -1.88. The molecule has 2 rings (SSSR count). The predicted molar refractivity (Wildman–Crippen MR) is 62.9 cm³/mol. The Bertz CT molecular complexity index is 476. The summed E-state index contributed by atoms with van der Waals surface area (Å²) in [5.41, 5.74) is 9.04. The Morgan fingerprint density at radius 1 is 1.20 bits per heavy atom. The Hall–Kier alpha value is -1.88. The molecule has 0 saturated heterocycles. The van der Waals surface area contributed by atoms with Crippen molar-refractivity contribution in [2.75, 3.05) is 5.73 Å².